The second kappa shape index (κ2) is 5.30. The van der Waals surface area contributed by atoms with Crippen LogP contribution in [0.4, 0.5) is 0 Å². The zero-order valence-corrected chi connectivity index (χ0v) is 10.8. The van der Waals surface area contributed by atoms with E-state index in [-0.39, 0.29) is 0 Å². The first-order valence-electron chi connectivity index (χ1n) is 6.43. The van der Waals surface area contributed by atoms with E-state index in [2.05, 4.69) is 4.98 Å². The highest BCUT2D eigenvalue weighted by Gasteiger charge is 2.12. The molecule has 3 rings (SSSR count). The number of benzene rings is 1. The van der Waals surface area contributed by atoms with Gasteiger partial charge >= 0.3 is 5.76 Å². The highest BCUT2D eigenvalue weighted by atomic mass is 16.4. The average Bonchev–Trinajstić information content (AvgIpc) is 2.81. The van der Waals surface area contributed by atoms with E-state index in [1.54, 1.807) is 18.3 Å². The van der Waals surface area contributed by atoms with Crippen molar-refractivity contribution >= 4 is 11.2 Å². The molecule has 0 fully saturated rings. The molecular formula is C15H14N2O3. The lowest BCUT2D eigenvalue weighted by atomic mass is 10.1. The number of pyridine rings is 1. The fourth-order valence-corrected chi connectivity index (χ4v) is 2.19. The maximum absolute atomic E-state index is 11.8. The summed E-state index contributed by atoms with van der Waals surface area (Å²) >= 11 is 0. The van der Waals surface area contributed by atoms with Crippen LogP contribution in [-0.4, -0.2) is 14.7 Å². The molecular weight excluding hydrogens is 256 g/mol. The van der Waals surface area contributed by atoms with Gasteiger partial charge in [-0.15, -0.1) is 0 Å². The van der Waals surface area contributed by atoms with E-state index in [4.69, 9.17) is 4.42 Å². The lowest BCUT2D eigenvalue weighted by Gasteiger charge is -2.10. The molecule has 102 valence electrons. The minimum atomic E-state index is -0.614. The van der Waals surface area contributed by atoms with Crippen LogP contribution in [0.3, 0.4) is 0 Å². The summed E-state index contributed by atoms with van der Waals surface area (Å²) in [6.45, 7) is 0.360. The predicted molar refractivity (Wildman–Crippen MR) is 74.3 cm³/mol. The molecule has 0 aliphatic rings. The Morgan fingerprint density at radius 3 is 2.80 bits per heavy atom. The van der Waals surface area contributed by atoms with Gasteiger partial charge in [-0.05, 0) is 24.1 Å². The summed E-state index contributed by atoms with van der Waals surface area (Å²) in [7, 11) is 0. The number of hydrogen-bond acceptors (Lipinski definition) is 4. The van der Waals surface area contributed by atoms with Gasteiger partial charge in [-0.2, -0.15) is 0 Å². The smallest absolute Gasteiger partial charge is 0.406 e. The van der Waals surface area contributed by atoms with Gasteiger partial charge in [0.15, 0.2) is 11.2 Å². The maximum atomic E-state index is 11.8. The summed E-state index contributed by atoms with van der Waals surface area (Å²) in [5.41, 5.74) is 1.81. The number of oxazole rings is 1. The first-order chi connectivity index (χ1) is 9.75. The van der Waals surface area contributed by atoms with Crippen LogP contribution in [0, 0.1) is 0 Å². The maximum Gasteiger partial charge on any atom is 0.421 e. The van der Waals surface area contributed by atoms with Gasteiger partial charge in [-0.25, -0.2) is 9.78 Å². The van der Waals surface area contributed by atoms with E-state index in [0.29, 0.717) is 24.2 Å². The predicted octanol–water partition coefficient (Wildman–Crippen LogP) is 2.11. The van der Waals surface area contributed by atoms with Crippen molar-refractivity contribution in [2.75, 3.05) is 0 Å². The Morgan fingerprint density at radius 1 is 1.20 bits per heavy atom. The molecule has 0 saturated carbocycles. The Balaban J connectivity index is 1.81. The Labute approximate surface area is 115 Å². The fourth-order valence-electron chi connectivity index (χ4n) is 2.19. The van der Waals surface area contributed by atoms with Gasteiger partial charge < -0.3 is 9.52 Å². The van der Waals surface area contributed by atoms with Crippen LogP contribution in [0.15, 0.2) is 57.9 Å². The number of hydrogen-bond donors (Lipinski definition) is 1. The molecule has 0 amide bonds. The molecule has 1 N–H and O–H groups in total. The van der Waals surface area contributed by atoms with Gasteiger partial charge in [0, 0.05) is 12.7 Å². The van der Waals surface area contributed by atoms with E-state index in [9.17, 15) is 9.90 Å². The van der Waals surface area contributed by atoms with Gasteiger partial charge in [0.2, 0.25) is 0 Å². The number of aryl methyl sites for hydroxylation is 1. The summed E-state index contributed by atoms with van der Waals surface area (Å²) in [4.78, 5) is 15.9. The van der Waals surface area contributed by atoms with E-state index in [1.807, 2.05) is 30.3 Å². The molecule has 0 aliphatic heterocycles. The third kappa shape index (κ3) is 2.35. The van der Waals surface area contributed by atoms with Crippen LogP contribution in [0.2, 0.25) is 0 Å². The molecule has 2 aromatic heterocycles. The van der Waals surface area contributed by atoms with E-state index < -0.39 is 11.9 Å². The quantitative estimate of drug-likeness (QED) is 0.788. The summed E-state index contributed by atoms with van der Waals surface area (Å²) in [5.74, 6) is -0.445. The van der Waals surface area contributed by atoms with Crippen molar-refractivity contribution < 1.29 is 9.52 Å². The van der Waals surface area contributed by atoms with Crippen molar-refractivity contribution in [3.05, 3.63) is 64.8 Å². The largest absolute Gasteiger partial charge is 0.421 e. The Kier molecular flexibility index (Phi) is 3.35. The van der Waals surface area contributed by atoms with Crippen LogP contribution >= 0.6 is 0 Å². The molecule has 1 unspecified atom stereocenters. The minimum Gasteiger partial charge on any atom is -0.406 e. The van der Waals surface area contributed by atoms with Crippen molar-refractivity contribution in [1.82, 2.24) is 9.55 Å². The molecule has 20 heavy (non-hydrogen) atoms. The molecule has 5 heteroatoms. The summed E-state index contributed by atoms with van der Waals surface area (Å²) in [6, 6.07) is 12.8. The zero-order chi connectivity index (χ0) is 13.9. The Bertz CT molecular complexity index is 761. The number of fused-ring (bicyclic) bond motifs is 1. The molecule has 0 aliphatic carbocycles. The van der Waals surface area contributed by atoms with Crippen LogP contribution < -0.4 is 5.76 Å². The van der Waals surface area contributed by atoms with Crippen LogP contribution in [0.1, 0.15) is 18.1 Å². The number of aromatic nitrogens is 2. The first-order valence-corrected chi connectivity index (χ1v) is 6.43. The monoisotopic (exact) mass is 270 g/mol. The molecule has 0 radical (unpaired) electrons. The van der Waals surface area contributed by atoms with E-state index in [1.165, 1.54) is 4.57 Å². The van der Waals surface area contributed by atoms with Crippen molar-refractivity contribution in [2.45, 2.75) is 19.1 Å². The fraction of sp³-hybridized carbons (Fsp3) is 0.200. The highest BCUT2D eigenvalue weighted by molar-refractivity contribution is 5.67. The van der Waals surface area contributed by atoms with Gasteiger partial charge in [-0.1, -0.05) is 30.3 Å². The second-order valence-electron chi connectivity index (χ2n) is 4.56. The molecule has 0 bridgehead atoms. The number of aliphatic hydroxyl groups excluding tert-OH is 1. The molecule has 0 saturated heterocycles. The second-order valence-corrected chi connectivity index (χ2v) is 4.56. The van der Waals surface area contributed by atoms with Gasteiger partial charge in [0.1, 0.15) is 0 Å². The summed E-state index contributed by atoms with van der Waals surface area (Å²) in [6.07, 6.45) is 1.42. The molecule has 2 heterocycles. The van der Waals surface area contributed by atoms with Crippen LogP contribution in [0.25, 0.3) is 11.2 Å². The molecule has 3 aromatic rings. The third-order valence-electron chi connectivity index (χ3n) is 3.23. The highest BCUT2D eigenvalue weighted by Crippen LogP contribution is 2.17. The molecule has 1 atom stereocenters. The zero-order valence-electron chi connectivity index (χ0n) is 10.8. The topological polar surface area (TPSA) is 68.3 Å². The van der Waals surface area contributed by atoms with Gasteiger partial charge in [0.05, 0.1) is 6.10 Å². The summed E-state index contributed by atoms with van der Waals surface area (Å²) < 4.78 is 6.55. The minimum absolute atomic E-state index is 0.360. The molecule has 1 aromatic carbocycles. The van der Waals surface area contributed by atoms with Crippen molar-refractivity contribution in [3.8, 4) is 0 Å². The number of nitrogens with zero attached hydrogens (tertiary/aromatic N) is 2. The lowest BCUT2D eigenvalue weighted by Crippen LogP contribution is -2.16. The van der Waals surface area contributed by atoms with Gasteiger partial charge in [0.25, 0.3) is 0 Å². The Hall–Kier alpha value is -2.40. The van der Waals surface area contributed by atoms with Crippen molar-refractivity contribution in [1.29, 1.82) is 0 Å². The van der Waals surface area contributed by atoms with E-state index in [0.717, 1.165) is 5.56 Å². The van der Waals surface area contributed by atoms with Crippen molar-refractivity contribution in [2.24, 2.45) is 0 Å². The number of rotatable bonds is 4. The summed E-state index contributed by atoms with van der Waals surface area (Å²) in [5, 5.41) is 10.1. The van der Waals surface area contributed by atoms with E-state index >= 15 is 0 Å². The van der Waals surface area contributed by atoms with Crippen LogP contribution in [-0.2, 0) is 6.54 Å². The third-order valence-corrected chi connectivity index (χ3v) is 3.23. The SMILES string of the molecule is O=c1oc2cccnc2n1CCC(O)c1ccccc1. The molecule has 5 nitrogen and oxygen atoms in total. The van der Waals surface area contributed by atoms with Crippen molar-refractivity contribution in [3.63, 3.8) is 0 Å². The molecule has 0 spiro atoms. The first kappa shape index (κ1) is 12.6. The van der Waals surface area contributed by atoms with Crippen LogP contribution in [0.5, 0.6) is 0 Å². The normalized spacial score (nSPS) is 12.7. The Morgan fingerprint density at radius 2 is 2.00 bits per heavy atom. The standard InChI is InChI=1S/C15H14N2O3/c18-12(11-5-2-1-3-6-11)8-10-17-14-13(20-15(17)19)7-4-9-16-14/h1-7,9,12,18H,8,10H2. The van der Waals surface area contributed by atoms with Gasteiger partial charge in [-0.3, -0.25) is 4.57 Å². The lowest BCUT2D eigenvalue weighted by molar-refractivity contribution is 0.160. The average molecular weight is 270 g/mol. The number of aliphatic hydroxyl groups is 1.